The molecule has 4 heteroatoms. The second-order valence-corrected chi connectivity index (χ2v) is 4.81. The average molecular weight is 300 g/mol. The third kappa shape index (κ3) is 2.33. The Morgan fingerprint density at radius 1 is 1.00 bits per heavy atom. The summed E-state index contributed by atoms with van der Waals surface area (Å²) in [6.45, 7) is 0. The van der Waals surface area contributed by atoms with Crippen molar-refractivity contribution in [3.63, 3.8) is 0 Å². The Kier molecular flexibility index (Phi) is 2.94. The van der Waals surface area contributed by atoms with Crippen molar-refractivity contribution in [1.29, 1.82) is 0 Å². The van der Waals surface area contributed by atoms with Gasteiger partial charge in [-0.25, -0.2) is 4.98 Å². The predicted molar refractivity (Wildman–Crippen MR) is 77.0 cm³/mol. The number of nitrogens with zero attached hydrogens (tertiary/aromatic N) is 2. The van der Waals surface area contributed by atoms with E-state index in [-0.39, 0.29) is 0 Å². The van der Waals surface area contributed by atoms with E-state index in [4.69, 9.17) is 0 Å². The maximum absolute atomic E-state index is 4.29. The van der Waals surface area contributed by atoms with Crippen LogP contribution in [0, 0.1) is 0 Å². The molecule has 3 nitrogen and oxygen atoms in total. The quantitative estimate of drug-likeness (QED) is 0.773. The normalized spacial score (nSPS) is 10.5. The Labute approximate surface area is 113 Å². The molecule has 0 bridgehead atoms. The minimum Gasteiger partial charge on any atom is -0.340 e. The van der Waals surface area contributed by atoms with E-state index in [1.807, 2.05) is 36.4 Å². The maximum Gasteiger partial charge on any atom is 0.130 e. The van der Waals surface area contributed by atoms with Crippen LogP contribution < -0.4 is 5.32 Å². The number of aromatic nitrogens is 2. The van der Waals surface area contributed by atoms with E-state index in [0.717, 1.165) is 26.9 Å². The van der Waals surface area contributed by atoms with Gasteiger partial charge in [0, 0.05) is 27.9 Å². The fourth-order valence-corrected chi connectivity index (χ4v) is 1.99. The second kappa shape index (κ2) is 4.74. The van der Waals surface area contributed by atoms with Gasteiger partial charge in [0.2, 0.25) is 0 Å². The van der Waals surface area contributed by atoms with Crippen molar-refractivity contribution in [1.82, 2.24) is 9.97 Å². The molecule has 0 aliphatic carbocycles. The number of nitrogens with one attached hydrogen (secondary N) is 1. The molecular formula is C14H10BrN3. The molecule has 0 saturated carbocycles. The van der Waals surface area contributed by atoms with Gasteiger partial charge in [0.25, 0.3) is 0 Å². The lowest BCUT2D eigenvalue weighted by molar-refractivity contribution is 1.29. The van der Waals surface area contributed by atoms with Crippen molar-refractivity contribution in [2.75, 3.05) is 5.32 Å². The Bertz CT molecular complexity index is 680. The van der Waals surface area contributed by atoms with Gasteiger partial charge < -0.3 is 5.32 Å². The van der Waals surface area contributed by atoms with E-state index in [9.17, 15) is 0 Å². The van der Waals surface area contributed by atoms with Crippen LogP contribution in [0.1, 0.15) is 0 Å². The molecule has 2 heterocycles. The van der Waals surface area contributed by atoms with Gasteiger partial charge in [-0.3, -0.25) is 4.98 Å². The summed E-state index contributed by atoms with van der Waals surface area (Å²) in [5, 5.41) is 4.37. The van der Waals surface area contributed by atoms with Crippen LogP contribution in [0.25, 0.3) is 10.9 Å². The number of hydrogen-bond acceptors (Lipinski definition) is 3. The molecule has 0 fully saturated rings. The molecule has 2 aromatic heterocycles. The van der Waals surface area contributed by atoms with Gasteiger partial charge in [-0.15, -0.1) is 0 Å². The number of anilines is 2. The summed E-state index contributed by atoms with van der Waals surface area (Å²) >= 11 is 3.36. The molecule has 0 saturated heterocycles. The molecule has 1 aromatic carbocycles. The predicted octanol–water partition coefficient (Wildman–Crippen LogP) is 4.14. The first-order valence-corrected chi connectivity index (χ1v) is 6.34. The number of rotatable bonds is 2. The van der Waals surface area contributed by atoms with Crippen molar-refractivity contribution >= 4 is 38.3 Å². The van der Waals surface area contributed by atoms with Crippen molar-refractivity contribution in [3.05, 3.63) is 59.3 Å². The van der Waals surface area contributed by atoms with Crippen LogP contribution in [0.5, 0.6) is 0 Å². The molecule has 0 aliphatic rings. The number of halogens is 1. The molecule has 88 valence electrons. The summed E-state index contributed by atoms with van der Waals surface area (Å²) in [4.78, 5) is 8.57. The van der Waals surface area contributed by atoms with Crippen LogP contribution in [0.3, 0.4) is 0 Å². The third-order valence-corrected chi connectivity index (χ3v) is 3.07. The molecule has 18 heavy (non-hydrogen) atoms. The lowest BCUT2D eigenvalue weighted by atomic mass is 10.2. The molecule has 0 aliphatic heterocycles. The van der Waals surface area contributed by atoms with Crippen LogP contribution in [0.4, 0.5) is 11.5 Å². The van der Waals surface area contributed by atoms with Crippen molar-refractivity contribution in [3.8, 4) is 0 Å². The van der Waals surface area contributed by atoms with Crippen LogP contribution in [0.2, 0.25) is 0 Å². The first-order valence-electron chi connectivity index (χ1n) is 5.55. The Morgan fingerprint density at radius 2 is 1.94 bits per heavy atom. The van der Waals surface area contributed by atoms with Gasteiger partial charge in [0.05, 0.1) is 5.52 Å². The third-order valence-electron chi connectivity index (χ3n) is 2.60. The standard InChI is InChI=1S/C14H10BrN3/c15-11-3-6-14(17-9-11)18-12-4-5-13-10(8-12)2-1-7-16-13/h1-9H,(H,17,18). The fourth-order valence-electron chi connectivity index (χ4n) is 1.75. The Balaban J connectivity index is 1.92. The maximum atomic E-state index is 4.29. The van der Waals surface area contributed by atoms with Crippen molar-refractivity contribution in [2.45, 2.75) is 0 Å². The lowest BCUT2D eigenvalue weighted by Gasteiger charge is -2.06. The van der Waals surface area contributed by atoms with E-state index in [0.29, 0.717) is 0 Å². The van der Waals surface area contributed by atoms with Gasteiger partial charge in [-0.1, -0.05) is 6.07 Å². The minimum atomic E-state index is 0.821. The topological polar surface area (TPSA) is 37.8 Å². The summed E-state index contributed by atoms with van der Waals surface area (Å²) in [5.41, 5.74) is 2.00. The van der Waals surface area contributed by atoms with Crippen LogP contribution in [-0.4, -0.2) is 9.97 Å². The highest BCUT2D eigenvalue weighted by Gasteiger charge is 1.98. The van der Waals surface area contributed by atoms with E-state index in [1.165, 1.54) is 0 Å². The monoisotopic (exact) mass is 299 g/mol. The number of hydrogen-bond donors (Lipinski definition) is 1. The van der Waals surface area contributed by atoms with Crippen LogP contribution in [0.15, 0.2) is 59.3 Å². The molecule has 0 radical (unpaired) electrons. The largest absolute Gasteiger partial charge is 0.340 e. The molecule has 3 aromatic rings. The van der Waals surface area contributed by atoms with E-state index < -0.39 is 0 Å². The van der Waals surface area contributed by atoms with E-state index >= 15 is 0 Å². The highest BCUT2D eigenvalue weighted by atomic mass is 79.9. The summed E-state index contributed by atoms with van der Waals surface area (Å²) in [6, 6.07) is 13.9. The van der Waals surface area contributed by atoms with Gasteiger partial charge >= 0.3 is 0 Å². The summed E-state index contributed by atoms with van der Waals surface area (Å²) in [7, 11) is 0. The zero-order chi connectivity index (χ0) is 12.4. The molecule has 0 amide bonds. The smallest absolute Gasteiger partial charge is 0.130 e. The molecule has 3 rings (SSSR count). The van der Waals surface area contributed by atoms with Crippen molar-refractivity contribution in [2.24, 2.45) is 0 Å². The minimum absolute atomic E-state index is 0.821. The highest BCUT2D eigenvalue weighted by molar-refractivity contribution is 9.10. The SMILES string of the molecule is Brc1ccc(Nc2ccc3ncccc3c2)nc1. The molecule has 1 N–H and O–H groups in total. The summed E-state index contributed by atoms with van der Waals surface area (Å²) in [5.74, 6) is 0.821. The van der Waals surface area contributed by atoms with Gasteiger partial charge in [-0.05, 0) is 52.3 Å². The summed E-state index contributed by atoms with van der Waals surface area (Å²) < 4.78 is 0.968. The molecular weight excluding hydrogens is 290 g/mol. The first-order chi connectivity index (χ1) is 8.81. The Morgan fingerprint density at radius 3 is 2.78 bits per heavy atom. The highest BCUT2D eigenvalue weighted by Crippen LogP contribution is 2.20. The first kappa shape index (κ1) is 11.2. The van der Waals surface area contributed by atoms with Gasteiger partial charge in [-0.2, -0.15) is 0 Å². The number of benzene rings is 1. The number of pyridine rings is 2. The molecule has 0 spiro atoms. The van der Waals surface area contributed by atoms with Crippen molar-refractivity contribution < 1.29 is 0 Å². The average Bonchev–Trinajstić information content (AvgIpc) is 2.41. The zero-order valence-corrected chi connectivity index (χ0v) is 11.1. The zero-order valence-electron chi connectivity index (χ0n) is 9.47. The number of fused-ring (bicyclic) bond motifs is 1. The second-order valence-electron chi connectivity index (χ2n) is 3.90. The van der Waals surface area contributed by atoms with Gasteiger partial charge in [0.15, 0.2) is 0 Å². The molecule has 0 unspecified atom stereocenters. The lowest BCUT2D eigenvalue weighted by Crippen LogP contribution is -1.92. The van der Waals surface area contributed by atoms with E-state index in [1.54, 1.807) is 12.4 Å². The Hall–Kier alpha value is -1.94. The van der Waals surface area contributed by atoms with Crippen LogP contribution in [-0.2, 0) is 0 Å². The molecule has 0 atom stereocenters. The summed E-state index contributed by atoms with van der Waals surface area (Å²) in [6.07, 6.45) is 3.57. The van der Waals surface area contributed by atoms with Crippen LogP contribution >= 0.6 is 15.9 Å². The fraction of sp³-hybridized carbons (Fsp3) is 0. The van der Waals surface area contributed by atoms with E-state index in [2.05, 4.69) is 37.3 Å². The van der Waals surface area contributed by atoms with Gasteiger partial charge in [0.1, 0.15) is 5.82 Å².